The first-order valence-electron chi connectivity index (χ1n) is 7.47. The molecule has 1 saturated heterocycles. The van der Waals surface area contributed by atoms with Crippen molar-refractivity contribution in [2.75, 3.05) is 44.4 Å². The molecule has 0 saturated carbocycles. The topological polar surface area (TPSA) is 67.6 Å². The summed E-state index contributed by atoms with van der Waals surface area (Å²) in [6.07, 6.45) is 2.30. The largest absolute Gasteiger partial charge is 0.398 e. The highest BCUT2D eigenvalue weighted by Crippen LogP contribution is 2.20. The fraction of sp³-hybridized carbons (Fsp3) is 0.562. The van der Waals surface area contributed by atoms with Gasteiger partial charge in [0.25, 0.3) is 0 Å². The van der Waals surface area contributed by atoms with Crippen molar-refractivity contribution in [3.05, 3.63) is 23.8 Å². The van der Waals surface area contributed by atoms with Gasteiger partial charge in [0.1, 0.15) is 0 Å². The third-order valence-electron chi connectivity index (χ3n) is 3.89. The van der Waals surface area contributed by atoms with Crippen molar-refractivity contribution in [1.82, 2.24) is 4.90 Å². The Kier molecular flexibility index (Phi) is 5.59. The second-order valence-corrected chi connectivity index (χ2v) is 5.85. The second-order valence-electron chi connectivity index (χ2n) is 5.85. The molecule has 1 atom stereocenters. The zero-order chi connectivity index (χ0) is 15.2. The molecular formula is C16H25N3O2. The van der Waals surface area contributed by atoms with E-state index in [-0.39, 0.29) is 5.91 Å². The summed E-state index contributed by atoms with van der Waals surface area (Å²) < 4.78 is 5.47. The van der Waals surface area contributed by atoms with Crippen LogP contribution in [0.4, 0.5) is 11.4 Å². The molecule has 3 N–H and O–H groups in total. The van der Waals surface area contributed by atoms with Gasteiger partial charge in [-0.1, -0.05) is 6.07 Å². The van der Waals surface area contributed by atoms with Crippen molar-refractivity contribution >= 4 is 17.3 Å². The molecule has 0 aromatic heterocycles. The molecule has 1 heterocycles. The summed E-state index contributed by atoms with van der Waals surface area (Å²) in [5.41, 5.74) is 8.24. The van der Waals surface area contributed by atoms with Gasteiger partial charge in [-0.05, 0) is 50.4 Å². The number of nitrogens with zero attached hydrogens (tertiary/aromatic N) is 1. The van der Waals surface area contributed by atoms with Crippen molar-refractivity contribution in [2.45, 2.75) is 19.8 Å². The molecule has 0 aliphatic carbocycles. The van der Waals surface area contributed by atoms with E-state index < -0.39 is 0 Å². The quantitative estimate of drug-likeness (QED) is 0.813. The Morgan fingerprint density at radius 3 is 3.05 bits per heavy atom. The highest BCUT2D eigenvalue weighted by atomic mass is 16.5. The number of nitrogens with two attached hydrogens (primary N) is 1. The summed E-state index contributed by atoms with van der Waals surface area (Å²) in [6, 6.07) is 5.56. The highest BCUT2D eigenvalue weighted by Gasteiger charge is 2.17. The molecule has 1 aromatic carbocycles. The smallest absolute Gasteiger partial charge is 0.238 e. The summed E-state index contributed by atoms with van der Waals surface area (Å²) >= 11 is 0. The van der Waals surface area contributed by atoms with E-state index in [0.717, 1.165) is 37.4 Å². The molecule has 1 amide bonds. The molecule has 5 nitrogen and oxygen atoms in total. The maximum atomic E-state index is 12.1. The van der Waals surface area contributed by atoms with Crippen LogP contribution in [0.5, 0.6) is 0 Å². The van der Waals surface area contributed by atoms with Crippen LogP contribution in [0.2, 0.25) is 0 Å². The summed E-state index contributed by atoms with van der Waals surface area (Å²) in [7, 11) is 1.97. The van der Waals surface area contributed by atoms with Crippen molar-refractivity contribution in [3.63, 3.8) is 0 Å². The molecule has 0 radical (unpaired) electrons. The van der Waals surface area contributed by atoms with Crippen LogP contribution in [0.3, 0.4) is 0 Å². The third-order valence-corrected chi connectivity index (χ3v) is 3.89. The molecule has 1 aromatic rings. The first kappa shape index (κ1) is 15.8. The highest BCUT2D eigenvalue weighted by molar-refractivity contribution is 5.93. The van der Waals surface area contributed by atoms with Gasteiger partial charge in [-0.15, -0.1) is 0 Å². The van der Waals surface area contributed by atoms with Gasteiger partial charge in [-0.3, -0.25) is 9.69 Å². The fourth-order valence-corrected chi connectivity index (χ4v) is 2.68. The minimum atomic E-state index is -0.0112. The Balaban J connectivity index is 1.82. The third kappa shape index (κ3) is 4.72. The first-order chi connectivity index (χ1) is 10.1. The summed E-state index contributed by atoms with van der Waals surface area (Å²) in [5, 5.41) is 2.93. The molecule has 2 rings (SSSR count). The fourth-order valence-electron chi connectivity index (χ4n) is 2.68. The van der Waals surface area contributed by atoms with Gasteiger partial charge in [0.2, 0.25) is 5.91 Å². The molecule has 1 aliphatic heterocycles. The number of ether oxygens (including phenoxy) is 1. The average Bonchev–Trinajstić information content (AvgIpc) is 2.44. The van der Waals surface area contributed by atoms with E-state index in [1.807, 2.05) is 32.2 Å². The normalized spacial score (nSPS) is 18.7. The van der Waals surface area contributed by atoms with Gasteiger partial charge in [0.15, 0.2) is 0 Å². The van der Waals surface area contributed by atoms with Crippen molar-refractivity contribution in [2.24, 2.45) is 5.92 Å². The predicted octanol–water partition coefficient (Wildman–Crippen LogP) is 1.87. The minimum Gasteiger partial charge on any atom is -0.398 e. The van der Waals surface area contributed by atoms with Crippen molar-refractivity contribution in [3.8, 4) is 0 Å². The van der Waals surface area contributed by atoms with E-state index in [9.17, 15) is 4.79 Å². The lowest BCUT2D eigenvalue weighted by Crippen LogP contribution is -2.36. The number of nitrogens with one attached hydrogen (secondary N) is 1. The Hall–Kier alpha value is -1.59. The van der Waals surface area contributed by atoms with Gasteiger partial charge in [-0.25, -0.2) is 0 Å². The van der Waals surface area contributed by atoms with Crippen LogP contribution in [0.25, 0.3) is 0 Å². The zero-order valence-corrected chi connectivity index (χ0v) is 12.9. The lowest BCUT2D eigenvalue weighted by molar-refractivity contribution is -0.117. The summed E-state index contributed by atoms with van der Waals surface area (Å²) in [4.78, 5) is 14.2. The van der Waals surface area contributed by atoms with Crippen LogP contribution >= 0.6 is 0 Å². The molecule has 21 heavy (non-hydrogen) atoms. The Labute approximate surface area is 126 Å². The summed E-state index contributed by atoms with van der Waals surface area (Å²) in [5.74, 6) is 0.522. The van der Waals surface area contributed by atoms with Gasteiger partial charge < -0.3 is 15.8 Å². The number of carbonyl (C=O) groups is 1. The van der Waals surface area contributed by atoms with Crippen LogP contribution in [-0.2, 0) is 9.53 Å². The Morgan fingerprint density at radius 1 is 1.52 bits per heavy atom. The standard InChI is InChI=1S/C16H25N3O2/c1-12-14(17)6-3-7-15(12)18-16(20)10-19(2)9-13-5-4-8-21-11-13/h3,6-7,13H,4-5,8-11,17H2,1-2H3,(H,18,20). The Bertz CT molecular complexity index is 484. The average molecular weight is 291 g/mol. The van der Waals surface area contributed by atoms with Gasteiger partial charge >= 0.3 is 0 Å². The Morgan fingerprint density at radius 2 is 2.33 bits per heavy atom. The van der Waals surface area contributed by atoms with Crippen molar-refractivity contribution < 1.29 is 9.53 Å². The molecule has 1 fully saturated rings. The molecule has 0 spiro atoms. The first-order valence-corrected chi connectivity index (χ1v) is 7.47. The molecular weight excluding hydrogens is 266 g/mol. The molecule has 1 unspecified atom stereocenters. The van der Waals surface area contributed by atoms with E-state index in [2.05, 4.69) is 10.2 Å². The maximum absolute atomic E-state index is 12.1. The number of anilines is 2. The van der Waals surface area contributed by atoms with E-state index in [1.165, 1.54) is 6.42 Å². The lowest BCUT2D eigenvalue weighted by atomic mass is 10.0. The van der Waals surface area contributed by atoms with Crippen LogP contribution in [0.15, 0.2) is 18.2 Å². The number of benzene rings is 1. The predicted molar refractivity (Wildman–Crippen MR) is 85.3 cm³/mol. The molecule has 116 valence electrons. The SMILES string of the molecule is Cc1c(N)cccc1NC(=O)CN(C)CC1CCCOC1. The van der Waals surface area contributed by atoms with E-state index in [4.69, 9.17) is 10.5 Å². The van der Waals surface area contributed by atoms with Gasteiger partial charge in [0, 0.05) is 24.5 Å². The second kappa shape index (κ2) is 7.43. The molecule has 0 bridgehead atoms. The van der Waals surface area contributed by atoms with E-state index in [1.54, 1.807) is 0 Å². The number of rotatable bonds is 5. The number of hydrogen-bond donors (Lipinski definition) is 2. The maximum Gasteiger partial charge on any atom is 0.238 e. The molecule has 5 heteroatoms. The van der Waals surface area contributed by atoms with Gasteiger partial charge in [-0.2, -0.15) is 0 Å². The summed E-state index contributed by atoms with van der Waals surface area (Å²) in [6.45, 7) is 4.86. The zero-order valence-electron chi connectivity index (χ0n) is 12.9. The van der Waals surface area contributed by atoms with E-state index in [0.29, 0.717) is 18.2 Å². The monoisotopic (exact) mass is 291 g/mol. The van der Waals surface area contributed by atoms with Gasteiger partial charge in [0.05, 0.1) is 13.2 Å². The number of nitrogen functional groups attached to an aromatic ring is 1. The minimum absolute atomic E-state index is 0.0112. The van der Waals surface area contributed by atoms with Crippen molar-refractivity contribution in [1.29, 1.82) is 0 Å². The van der Waals surface area contributed by atoms with Crippen LogP contribution in [0.1, 0.15) is 18.4 Å². The lowest BCUT2D eigenvalue weighted by Gasteiger charge is -2.26. The number of amides is 1. The number of likely N-dealkylation sites (N-methyl/N-ethyl adjacent to an activating group) is 1. The van der Waals surface area contributed by atoms with Crippen LogP contribution in [0, 0.1) is 12.8 Å². The number of carbonyl (C=O) groups excluding carboxylic acids is 1. The van der Waals surface area contributed by atoms with Crippen LogP contribution in [-0.4, -0.2) is 44.2 Å². The molecule has 1 aliphatic rings. The number of hydrogen-bond acceptors (Lipinski definition) is 4. The van der Waals surface area contributed by atoms with E-state index >= 15 is 0 Å². The van der Waals surface area contributed by atoms with Crippen LogP contribution < -0.4 is 11.1 Å².